The lowest BCUT2D eigenvalue weighted by Crippen LogP contribution is -2.50. The molecule has 1 aromatic carbocycles. The highest BCUT2D eigenvalue weighted by molar-refractivity contribution is 5.40. The molecule has 1 aromatic rings. The molecule has 4 aliphatic rings. The Bertz CT molecular complexity index is 910. The zero-order valence-corrected chi connectivity index (χ0v) is 19.5. The Kier molecular flexibility index (Phi) is 4.73. The first-order valence-electron chi connectivity index (χ1n) is 12.2. The lowest BCUT2D eigenvalue weighted by atomic mass is 9.53. The normalized spacial score (nSPS) is 44.3. The number of aryl methyl sites for hydroxylation is 1. The number of rotatable bonds is 2. The minimum Gasteiger partial charge on any atom is -0.508 e. The molecule has 5 rings (SSSR count). The average molecular weight is 425 g/mol. The van der Waals surface area contributed by atoms with Crippen molar-refractivity contribution in [2.24, 2.45) is 17.3 Å². The van der Waals surface area contributed by atoms with E-state index >= 15 is 0 Å². The third-order valence-electron chi connectivity index (χ3n) is 9.90. The van der Waals surface area contributed by atoms with Crippen molar-refractivity contribution < 1.29 is 15.4 Å². The predicted molar refractivity (Wildman–Crippen MR) is 121 cm³/mol. The van der Waals surface area contributed by atoms with Gasteiger partial charge in [-0.25, -0.2) is 0 Å². The number of aromatic hydroxyl groups is 1. The second-order valence-corrected chi connectivity index (χ2v) is 12.0. The summed E-state index contributed by atoms with van der Waals surface area (Å²) < 4.78 is 0. The number of hydrogen-bond acceptors (Lipinski definition) is 3. The van der Waals surface area contributed by atoms with Crippen LogP contribution in [0.4, 0.5) is 0 Å². The summed E-state index contributed by atoms with van der Waals surface area (Å²) in [5, 5.41) is 36.0. The van der Waals surface area contributed by atoms with Gasteiger partial charge in [-0.3, -0.25) is 0 Å². The molecule has 1 unspecified atom stereocenters. The zero-order valence-electron chi connectivity index (χ0n) is 19.5. The molecule has 0 aromatic heterocycles. The molecular formula is C27H38NO3. The first kappa shape index (κ1) is 21.5. The van der Waals surface area contributed by atoms with Crippen LogP contribution in [-0.4, -0.2) is 32.0 Å². The SMILES string of the molecule is CC1(C)CCC(C)(/C=C/[C@]2(O)CC[C@H]3[C@@H]4CCc5cc(O)ccc5[C@H]4CC[C@@]32C)N1[O]. The molecule has 1 heterocycles. The summed E-state index contributed by atoms with van der Waals surface area (Å²) in [6.07, 6.45) is 11.9. The molecule has 4 nitrogen and oxygen atoms in total. The van der Waals surface area contributed by atoms with E-state index in [0.717, 1.165) is 51.4 Å². The van der Waals surface area contributed by atoms with Gasteiger partial charge in [0.05, 0.1) is 11.1 Å². The van der Waals surface area contributed by atoms with E-state index in [1.807, 2.05) is 45.1 Å². The van der Waals surface area contributed by atoms with E-state index in [4.69, 9.17) is 0 Å². The number of hydrogen-bond donors (Lipinski definition) is 2. The Hall–Kier alpha value is -1.36. The van der Waals surface area contributed by atoms with Gasteiger partial charge in [0.1, 0.15) is 5.75 Å². The fraction of sp³-hybridized carbons (Fsp3) is 0.704. The molecule has 1 aliphatic heterocycles. The molecule has 3 aliphatic carbocycles. The second-order valence-electron chi connectivity index (χ2n) is 12.0. The number of aliphatic hydroxyl groups is 1. The summed E-state index contributed by atoms with van der Waals surface area (Å²) in [5.41, 5.74) is 0.879. The van der Waals surface area contributed by atoms with Crippen molar-refractivity contribution in [2.45, 2.75) is 102 Å². The molecule has 169 valence electrons. The Balaban J connectivity index is 1.41. The summed E-state index contributed by atoms with van der Waals surface area (Å²) >= 11 is 0. The standard InChI is InChI=1S/C27H38NO3/c1-24(2)13-14-25(3,28(24)31)15-16-27(30)12-10-23-22-7-5-18-17-19(29)6-8-20(18)21(22)9-11-26(23,27)4/h6,8,15-17,21-23,29-30H,5,7,9-14H2,1-4H3/b16-15+/t21-,22-,23+,25?,26+,27-/m1/s1. The zero-order chi connectivity index (χ0) is 22.2. The van der Waals surface area contributed by atoms with Gasteiger partial charge in [0.25, 0.3) is 0 Å². The molecule has 0 spiro atoms. The highest BCUT2D eigenvalue weighted by atomic mass is 16.5. The molecule has 4 heteroatoms. The summed E-state index contributed by atoms with van der Waals surface area (Å²) in [6, 6.07) is 5.92. The van der Waals surface area contributed by atoms with Crippen molar-refractivity contribution >= 4 is 0 Å². The van der Waals surface area contributed by atoms with Gasteiger partial charge in [0.2, 0.25) is 0 Å². The maximum Gasteiger partial charge on any atom is 0.115 e. The third-order valence-corrected chi connectivity index (χ3v) is 9.90. The molecule has 2 saturated carbocycles. The maximum atomic E-state index is 12.9. The summed E-state index contributed by atoms with van der Waals surface area (Å²) in [6.45, 7) is 8.35. The van der Waals surface area contributed by atoms with Crippen LogP contribution in [0.15, 0.2) is 30.4 Å². The monoisotopic (exact) mass is 424 g/mol. The smallest absolute Gasteiger partial charge is 0.115 e. The highest BCUT2D eigenvalue weighted by Crippen LogP contribution is 2.64. The number of phenolic OH excluding ortho intramolecular Hbond substituents is 1. The minimum absolute atomic E-state index is 0.142. The molecule has 1 saturated heterocycles. The number of fused-ring (bicyclic) bond motifs is 5. The van der Waals surface area contributed by atoms with Gasteiger partial charge in [-0.15, -0.1) is 10.3 Å². The van der Waals surface area contributed by atoms with Crippen molar-refractivity contribution in [3.63, 3.8) is 0 Å². The minimum atomic E-state index is -0.839. The Morgan fingerprint density at radius 1 is 1.00 bits per heavy atom. The number of benzene rings is 1. The second kappa shape index (κ2) is 6.82. The molecular weight excluding hydrogens is 386 g/mol. The molecule has 3 fully saturated rings. The topological polar surface area (TPSA) is 63.6 Å². The van der Waals surface area contributed by atoms with Gasteiger partial charge < -0.3 is 10.2 Å². The molecule has 1 radical (unpaired) electrons. The fourth-order valence-electron chi connectivity index (χ4n) is 7.82. The Morgan fingerprint density at radius 2 is 1.77 bits per heavy atom. The van der Waals surface area contributed by atoms with Gasteiger partial charge in [0, 0.05) is 11.0 Å². The van der Waals surface area contributed by atoms with E-state index in [9.17, 15) is 15.4 Å². The highest BCUT2D eigenvalue weighted by Gasteiger charge is 2.61. The summed E-state index contributed by atoms with van der Waals surface area (Å²) in [5.74, 6) is 2.00. The fourth-order valence-corrected chi connectivity index (χ4v) is 7.82. The van der Waals surface area contributed by atoms with Crippen LogP contribution in [0.25, 0.3) is 0 Å². The first-order chi connectivity index (χ1) is 14.5. The molecule has 31 heavy (non-hydrogen) atoms. The third kappa shape index (κ3) is 3.05. The predicted octanol–water partition coefficient (Wildman–Crippen LogP) is 5.51. The largest absolute Gasteiger partial charge is 0.508 e. The maximum absolute atomic E-state index is 12.9. The first-order valence-corrected chi connectivity index (χ1v) is 12.2. The number of nitrogens with zero attached hydrogens (tertiary/aromatic N) is 1. The van der Waals surface area contributed by atoms with Gasteiger partial charge >= 0.3 is 0 Å². The molecule has 6 atom stereocenters. The number of hydroxylamine groups is 2. The van der Waals surface area contributed by atoms with Crippen LogP contribution < -0.4 is 0 Å². The van der Waals surface area contributed by atoms with E-state index in [1.165, 1.54) is 16.2 Å². The van der Waals surface area contributed by atoms with Crippen molar-refractivity contribution in [3.8, 4) is 5.75 Å². The Labute approximate surface area is 186 Å². The van der Waals surface area contributed by atoms with E-state index < -0.39 is 11.1 Å². The van der Waals surface area contributed by atoms with Crippen LogP contribution in [0.3, 0.4) is 0 Å². The molecule has 0 amide bonds. The van der Waals surface area contributed by atoms with Crippen LogP contribution in [0, 0.1) is 17.3 Å². The van der Waals surface area contributed by atoms with Gasteiger partial charge in [-0.1, -0.05) is 25.1 Å². The van der Waals surface area contributed by atoms with Crippen LogP contribution in [0.2, 0.25) is 0 Å². The van der Waals surface area contributed by atoms with Crippen molar-refractivity contribution in [3.05, 3.63) is 41.5 Å². The lowest BCUT2D eigenvalue weighted by Gasteiger charge is -2.53. The van der Waals surface area contributed by atoms with E-state index in [-0.39, 0.29) is 11.0 Å². The van der Waals surface area contributed by atoms with Crippen LogP contribution in [0.1, 0.15) is 89.7 Å². The molecule has 2 N–H and O–H groups in total. The lowest BCUT2D eigenvalue weighted by molar-refractivity contribution is -0.237. The average Bonchev–Trinajstić information content (AvgIpc) is 3.12. The van der Waals surface area contributed by atoms with E-state index in [1.54, 1.807) is 0 Å². The van der Waals surface area contributed by atoms with Gasteiger partial charge in [-0.2, -0.15) is 0 Å². The van der Waals surface area contributed by atoms with Crippen molar-refractivity contribution in [1.82, 2.24) is 5.06 Å². The summed E-state index contributed by atoms with van der Waals surface area (Å²) in [7, 11) is 0. The summed E-state index contributed by atoms with van der Waals surface area (Å²) in [4.78, 5) is 0. The van der Waals surface area contributed by atoms with Crippen LogP contribution in [0.5, 0.6) is 5.75 Å². The van der Waals surface area contributed by atoms with Crippen LogP contribution in [-0.2, 0) is 11.6 Å². The quantitative estimate of drug-likeness (QED) is 0.615. The van der Waals surface area contributed by atoms with E-state index in [0.29, 0.717) is 23.5 Å². The Morgan fingerprint density at radius 3 is 2.48 bits per heavy atom. The van der Waals surface area contributed by atoms with Crippen molar-refractivity contribution in [1.29, 1.82) is 0 Å². The van der Waals surface area contributed by atoms with Gasteiger partial charge in [-0.05, 0) is 113 Å². The van der Waals surface area contributed by atoms with E-state index in [2.05, 4.69) is 13.0 Å². The number of phenols is 1. The van der Waals surface area contributed by atoms with Crippen LogP contribution >= 0.6 is 0 Å². The van der Waals surface area contributed by atoms with Gasteiger partial charge in [0.15, 0.2) is 0 Å². The molecule has 0 bridgehead atoms. The van der Waals surface area contributed by atoms with Crippen molar-refractivity contribution in [2.75, 3.05) is 0 Å².